The van der Waals surface area contributed by atoms with Crippen molar-refractivity contribution in [2.75, 3.05) is 18.0 Å². The molecule has 1 aliphatic rings. The van der Waals surface area contributed by atoms with Gasteiger partial charge in [-0.05, 0) is 57.0 Å². The van der Waals surface area contributed by atoms with Crippen molar-refractivity contribution in [3.05, 3.63) is 65.8 Å². The molecule has 0 unspecified atom stereocenters. The van der Waals surface area contributed by atoms with Crippen LogP contribution in [-0.4, -0.2) is 18.9 Å². The van der Waals surface area contributed by atoms with E-state index in [1.54, 1.807) is 0 Å². The first-order valence-corrected chi connectivity index (χ1v) is 7.51. The van der Waals surface area contributed by atoms with Crippen LogP contribution in [0.15, 0.2) is 60.2 Å². The number of benzene rings is 1. The minimum absolute atomic E-state index is 0.0454. The Kier molecular flexibility index (Phi) is 5.15. The van der Waals surface area contributed by atoms with Gasteiger partial charge in [-0.15, -0.1) is 0 Å². The summed E-state index contributed by atoms with van der Waals surface area (Å²) >= 11 is 0. The SMILES string of the molecule is C=C(C)/C=C(\C=C/C)C(=O)c1ccc(N2CCCC2)cc1. The van der Waals surface area contributed by atoms with Gasteiger partial charge in [0, 0.05) is 29.9 Å². The molecule has 0 amide bonds. The minimum Gasteiger partial charge on any atom is -0.372 e. The van der Waals surface area contributed by atoms with Crippen LogP contribution in [0.4, 0.5) is 5.69 Å². The second kappa shape index (κ2) is 7.07. The van der Waals surface area contributed by atoms with Crippen molar-refractivity contribution in [3.63, 3.8) is 0 Å². The van der Waals surface area contributed by atoms with E-state index in [9.17, 15) is 4.79 Å². The number of hydrogen-bond acceptors (Lipinski definition) is 2. The molecule has 1 saturated heterocycles. The standard InChI is InChI=1S/C19H23NO/c1-4-7-17(14-15(2)3)19(21)16-8-10-18(11-9-16)20-12-5-6-13-20/h4,7-11,14H,2,5-6,12-13H2,1,3H3/b7-4-,17-14+. The van der Waals surface area contributed by atoms with Crippen LogP contribution in [0.5, 0.6) is 0 Å². The molecule has 2 nitrogen and oxygen atoms in total. The van der Waals surface area contributed by atoms with Crippen molar-refractivity contribution in [1.82, 2.24) is 0 Å². The van der Waals surface area contributed by atoms with Gasteiger partial charge in [-0.1, -0.05) is 24.3 Å². The van der Waals surface area contributed by atoms with E-state index in [2.05, 4.69) is 11.5 Å². The summed E-state index contributed by atoms with van der Waals surface area (Å²) < 4.78 is 0. The Morgan fingerprint density at radius 1 is 1.19 bits per heavy atom. The Labute approximate surface area is 127 Å². The van der Waals surface area contributed by atoms with Crippen LogP contribution in [0.2, 0.25) is 0 Å². The maximum atomic E-state index is 12.5. The van der Waals surface area contributed by atoms with E-state index in [1.807, 2.05) is 56.3 Å². The molecule has 0 N–H and O–H groups in total. The Bertz CT molecular complexity index is 572. The lowest BCUT2D eigenvalue weighted by Crippen LogP contribution is -2.17. The first kappa shape index (κ1) is 15.3. The molecular formula is C19H23NO. The van der Waals surface area contributed by atoms with E-state index >= 15 is 0 Å². The Morgan fingerprint density at radius 2 is 1.81 bits per heavy atom. The number of allylic oxidation sites excluding steroid dienone is 5. The van der Waals surface area contributed by atoms with Crippen LogP contribution in [0.1, 0.15) is 37.0 Å². The summed E-state index contributed by atoms with van der Waals surface area (Å²) in [6.45, 7) is 9.89. The first-order chi connectivity index (χ1) is 10.1. The van der Waals surface area contributed by atoms with Crippen molar-refractivity contribution < 1.29 is 4.79 Å². The fraction of sp³-hybridized carbons (Fsp3) is 0.316. The summed E-state index contributed by atoms with van der Waals surface area (Å²) in [5.74, 6) is 0.0454. The maximum absolute atomic E-state index is 12.5. The van der Waals surface area contributed by atoms with Crippen molar-refractivity contribution in [3.8, 4) is 0 Å². The van der Waals surface area contributed by atoms with Crippen LogP contribution in [0.3, 0.4) is 0 Å². The van der Waals surface area contributed by atoms with Crippen LogP contribution in [-0.2, 0) is 0 Å². The predicted molar refractivity (Wildman–Crippen MR) is 89.9 cm³/mol. The summed E-state index contributed by atoms with van der Waals surface area (Å²) in [5.41, 5.74) is 3.49. The Hall–Kier alpha value is -2.09. The van der Waals surface area contributed by atoms with E-state index in [-0.39, 0.29) is 5.78 Å². The van der Waals surface area contributed by atoms with Crippen molar-refractivity contribution in [1.29, 1.82) is 0 Å². The van der Waals surface area contributed by atoms with Gasteiger partial charge in [-0.3, -0.25) is 4.79 Å². The third-order valence-electron chi connectivity index (χ3n) is 3.61. The molecule has 2 heteroatoms. The van der Waals surface area contributed by atoms with E-state index in [1.165, 1.54) is 18.5 Å². The molecule has 0 spiro atoms. The van der Waals surface area contributed by atoms with E-state index in [0.29, 0.717) is 5.57 Å². The van der Waals surface area contributed by atoms with Crippen molar-refractivity contribution in [2.24, 2.45) is 0 Å². The number of rotatable bonds is 5. The van der Waals surface area contributed by atoms with Crippen molar-refractivity contribution in [2.45, 2.75) is 26.7 Å². The molecule has 2 rings (SSSR count). The number of carbonyl (C=O) groups excluding carboxylic acids is 1. The topological polar surface area (TPSA) is 20.3 Å². The van der Waals surface area contributed by atoms with Gasteiger partial charge in [-0.25, -0.2) is 0 Å². The van der Waals surface area contributed by atoms with Gasteiger partial charge >= 0.3 is 0 Å². The molecule has 1 aromatic carbocycles. The van der Waals surface area contributed by atoms with Crippen LogP contribution < -0.4 is 4.90 Å². The number of ketones is 1. The fourth-order valence-electron chi connectivity index (χ4n) is 2.60. The number of carbonyl (C=O) groups is 1. The molecule has 0 bridgehead atoms. The molecule has 1 aromatic rings. The molecule has 1 aliphatic heterocycles. The molecule has 0 aromatic heterocycles. The van der Waals surface area contributed by atoms with Crippen LogP contribution >= 0.6 is 0 Å². The lowest BCUT2D eigenvalue weighted by molar-refractivity contribution is 0.103. The monoisotopic (exact) mass is 281 g/mol. The van der Waals surface area contributed by atoms with Gasteiger partial charge in [0.15, 0.2) is 5.78 Å². The highest BCUT2D eigenvalue weighted by Crippen LogP contribution is 2.21. The molecule has 1 heterocycles. The molecule has 0 saturated carbocycles. The second-order valence-corrected chi connectivity index (χ2v) is 5.52. The van der Waals surface area contributed by atoms with Gasteiger partial charge in [0.2, 0.25) is 0 Å². The Balaban J connectivity index is 2.20. The highest BCUT2D eigenvalue weighted by molar-refractivity contribution is 6.10. The summed E-state index contributed by atoms with van der Waals surface area (Å²) in [6, 6.07) is 7.94. The molecule has 0 radical (unpaired) electrons. The number of nitrogens with zero attached hydrogens (tertiary/aromatic N) is 1. The highest BCUT2D eigenvalue weighted by atomic mass is 16.1. The molecule has 1 fully saturated rings. The summed E-state index contributed by atoms with van der Waals surface area (Å²) in [5, 5.41) is 0. The zero-order valence-corrected chi connectivity index (χ0v) is 12.9. The third-order valence-corrected chi connectivity index (χ3v) is 3.61. The van der Waals surface area contributed by atoms with E-state index in [4.69, 9.17) is 0 Å². The molecule has 0 aliphatic carbocycles. The Morgan fingerprint density at radius 3 is 2.33 bits per heavy atom. The quantitative estimate of drug-likeness (QED) is 0.448. The number of anilines is 1. The van der Waals surface area contributed by atoms with Gasteiger partial charge < -0.3 is 4.90 Å². The zero-order chi connectivity index (χ0) is 15.2. The molecular weight excluding hydrogens is 258 g/mol. The highest BCUT2D eigenvalue weighted by Gasteiger charge is 2.14. The molecule has 21 heavy (non-hydrogen) atoms. The summed E-state index contributed by atoms with van der Waals surface area (Å²) in [4.78, 5) is 14.9. The third kappa shape index (κ3) is 3.94. The smallest absolute Gasteiger partial charge is 0.193 e. The van der Waals surface area contributed by atoms with Gasteiger partial charge in [0.1, 0.15) is 0 Å². The fourth-order valence-corrected chi connectivity index (χ4v) is 2.60. The van der Waals surface area contributed by atoms with Gasteiger partial charge in [-0.2, -0.15) is 0 Å². The average Bonchev–Trinajstić information content (AvgIpc) is 3.00. The second-order valence-electron chi connectivity index (χ2n) is 5.52. The summed E-state index contributed by atoms with van der Waals surface area (Å²) in [6.07, 6.45) is 8.06. The predicted octanol–water partition coefficient (Wildman–Crippen LogP) is 4.55. The lowest BCUT2D eigenvalue weighted by Gasteiger charge is -2.17. The van der Waals surface area contributed by atoms with Crippen molar-refractivity contribution >= 4 is 11.5 Å². The lowest BCUT2D eigenvalue weighted by atomic mass is 10.0. The van der Waals surface area contributed by atoms with E-state index < -0.39 is 0 Å². The van der Waals surface area contributed by atoms with E-state index in [0.717, 1.165) is 24.2 Å². The van der Waals surface area contributed by atoms with Crippen LogP contribution in [0.25, 0.3) is 0 Å². The number of Topliss-reactive ketones (excluding diaryl/α,β-unsaturated/α-hetero) is 1. The van der Waals surface area contributed by atoms with Crippen LogP contribution in [0, 0.1) is 0 Å². The first-order valence-electron chi connectivity index (χ1n) is 7.51. The largest absolute Gasteiger partial charge is 0.372 e. The maximum Gasteiger partial charge on any atom is 0.193 e. The zero-order valence-electron chi connectivity index (χ0n) is 12.9. The normalized spacial score (nSPS) is 15.7. The molecule has 110 valence electrons. The number of hydrogen-bond donors (Lipinski definition) is 0. The van der Waals surface area contributed by atoms with Gasteiger partial charge in [0.05, 0.1) is 0 Å². The van der Waals surface area contributed by atoms with Gasteiger partial charge in [0.25, 0.3) is 0 Å². The summed E-state index contributed by atoms with van der Waals surface area (Å²) in [7, 11) is 0. The average molecular weight is 281 g/mol. The molecule has 0 atom stereocenters. The minimum atomic E-state index is 0.0454.